The number of nitrogens with zero attached hydrogens (tertiary/aromatic N) is 1. The maximum absolute atomic E-state index is 11.6. The molecule has 2 aromatic rings. The lowest BCUT2D eigenvalue weighted by Gasteiger charge is -2.17. The zero-order valence-electron chi connectivity index (χ0n) is 11.1. The number of halogens is 1. The molecule has 0 aliphatic rings. The molecular formula is C16H13BrN2O2. The van der Waals surface area contributed by atoms with Gasteiger partial charge in [0.05, 0.1) is 6.07 Å². The number of hydrogen-bond acceptors (Lipinski definition) is 3. The van der Waals surface area contributed by atoms with Crippen molar-refractivity contribution in [2.24, 2.45) is 0 Å². The fourth-order valence-electron chi connectivity index (χ4n) is 1.95. The standard InChI is InChI=1S/C16H13BrN2O2/c17-12-6-7-14(19-15(20)8-9-18)13(10-12)16(21)11-4-2-1-3-5-11/h1-7,10,16,21H,8H2,(H,19,20). The van der Waals surface area contributed by atoms with Crippen molar-refractivity contribution >= 4 is 27.5 Å². The number of anilines is 1. The molecule has 21 heavy (non-hydrogen) atoms. The minimum absolute atomic E-state index is 0.225. The molecule has 4 nitrogen and oxygen atoms in total. The van der Waals surface area contributed by atoms with E-state index >= 15 is 0 Å². The molecule has 0 heterocycles. The van der Waals surface area contributed by atoms with E-state index in [1.165, 1.54) is 0 Å². The van der Waals surface area contributed by atoms with Gasteiger partial charge in [-0.05, 0) is 23.8 Å². The Balaban J connectivity index is 2.35. The van der Waals surface area contributed by atoms with Crippen molar-refractivity contribution in [2.75, 3.05) is 5.32 Å². The van der Waals surface area contributed by atoms with Crippen LogP contribution in [0.15, 0.2) is 53.0 Å². The summed E-state index contributed by atoms with van der Waals surface area (Å²) in [6, 6.07) is 16.2. The maximum atomic E-state index is 11.6. The van der Waals surface area contributed by atoms with Crippen molar-refractivity contribution in [1.82, 2.24) is 0 Å². The first-order valence-corrected chi connectivity index (χ1v) is 7.10. The van der Waals surface area contributed by atoms with Crippen molar-refractivity contribution in [2.45, 2.75) is 12.5 Å². The second-order valence-corrected chi connectivity index (χ2v) is 5.34. The largest absolute Gasteiger partial charge is 0.384 e. The van der Waals surface area contributed by atoms with Crippen LogP contribution in [0, 0.1) is 11.3 Å². The summed E-state index contributed by atoms with van der Waals surface area (Å²) in [6.07, 6.45) is -1.09. The Labute approximate surface area is 131 Å². The molecule has 0 aliphatic heterocycles. The number of aliphatic hydroxyl groups is 1. The predicted octanol–water partition coefficient (Wildman–Crippen LogP) is 3.38. The van der Waals surface area contributed by atoms with Crippen molar-refractivity contribution in [1.29, 1.82) is 5.26 Å². The molecule has 106 valence electrons. The SMILES string of the molecule is N#CCC(=O)Nc1ccc(Br)cc1C(O)c1ccccc1. The Bertz CT molecular complexity index is 680. The van der Waals surface area contributed by atoms with E-state index in [4.69, 9.17) is 5.26 Å². The van der Waals surface area contributed by atoms with Gasteiger partial charge in [0, 0.05) is 15.7 Å². The Kier molecular flexibility index (Phi) is 5.09. The van der Waals surface area contributed by atoms with E-state index in [0.29, 0.717) is 11.3 Å². The molecule has 0 fully saturated rings. The summed E-state index contributed by atoms with van der Waals surface area (Å²) >= 11 is 3.36. The molecule has 2 rings (SSSR count). The average molecular weight is 345 g/mol. The topological polar surface area (TPSA) is 73.1 Å². The van der Waals surface area contributed by atoms with Crippen LogP contribution in [0.4, 0.5) is 5.69 Å². The molecule has 0 spiro atoms. The average Bonchev–Trinajstić information content (AvgIpc) is 2.49. The number of nitrogens with one attached hydrogen (secondary N) is 1. The van der Waals surface area contributed by atoms with Crippen LogP contribution in [0.3, 0.4) is 0 Å². The number of aliphatic hydroxyl groups excluding tert-OH is 1. The third kappa shape index (κ3) is 3.91. The molecule has 0 aromatic heterocycles. The van der Waals surface area contributed by atoms with E-state index in [9.17, 15) is 9.90 Å². The lowest BCUT2D eigenvalue weighted by atomic mass is 10.00. The molecular weight excluding hydrogens is 332 g/mol. The van der Waals surface area contributed by atoms with Crippen LogP contribution >= 0.6 is 15.9 Å². The Morgan fingerprint density at radius 3 is 2.67 bits per heavy atom. The van der Waals surface area contributed by atoms with Crippen LogP contribution in [0.2, 0.25) is 0 Å². The van der Waals surface area contributed by atoms with Crippen molar-refractivity contribution in [3.8, 4) is 6.07 Å². The smallest absolute Gasteiger partial charge is 0.238 e. The van der Waals surface area contributed by atoms with Crippen molar-refractivity contribution in [3.05, 3.63) is 64.1 Å². The van der Waals surface area contributed by atoms with Gasteiger partial charge in [0.25, 0.3) is 0 Å². The lowest BCUT2D eigenvalue weighted by Crippen LogP contribution is -2.13. The summed E-state index contributed by atoms with van der Waals surface area (Å²) in [5.74, 6) is -0.402. The zero-order valence-corrected chi connectivity index (χ0v) is 12.7. The van der Waals surface area contributed by atoms with Crippen LogP contribution in [0.25, 0.3) is 0 Å². The van der Waals surface area contributed by atoms with E-state index in [1.807, 2.05) is 30.3 Å². The molecule has 1 amide bonds. The molecule has 0 radical (unpaired) electrons. The van der Waals surface area contributed by atoms with E-state index < -0.39 is 12.0 Å². The molecule has 0 aliphatic carbocycles. The van der Waals surface area contributed by atoms with Crippen LogP contribution in [0.1, 0.15) is 23.7 Å². The molecule has 0 saturated heterocycles. The van der Waals surface area contributed by atoms with E-state index in [1.54, 1.807) is 24.3 Å². The maximum Gasteiger partial charge on any atom is 0.238 e. The predicted molar refractivity (Wildman–Crippen MR) is 83.5 cm³/mol. The van der Waals surface area contributed by atoms with E-state index in [0.717, 1.165) is 10.0 Å². The molecule has 0 bridgehead atoms. The summed E-state index contributed by atoms with van der Waals surface area (Å²) in [5.41, 5.74) is 1.79. The highest BCUT2D eigenvalue weighted by molar-refractivity contribution is 9.10. The van der Waals surface area contributed by atoms with Crippen molar-refractivity contribution < 1.29 is 9.90 Å². The second kappa shape index (κ2) is 7.02. The van der Waals surface area contributed by atoms with Gasteiger partial charge in [0.2, 0.25) is 5.91 Å². The third-order valence-corrected chi connectivity index (χ3v) is 3.43. The van der Waals surface area contributed by atoms with Gasteiger partial charge in [-0.15, -0.1) is 0 Å². The quantitative estimate of drug-likeness (QED) is 0.892. The first kappa shape index (κ1) is 15.2. The van der Waals surface area contributed by atoms with Crippen LogP contribution in [0.5, 0.6) is 0 Å². The monoisotopic (exact) mass is 344 g/mol. The Morgan fingerprint density at radius 2 is 2.00 bits per heavy atom. The third-order valence-electron chi connectivity index (χ3n) is 2.94. The zero-order chi connectivity index (χ0) is 15.2. The highest BCUT2D eigenvalue weighted by atomic mass is 79.9. The minimum Gasteiger partial charge on any atom is -0.384 e. The summed E-state index contributed by atoms with van der Waals surface area (Å²) in [6.45, 7) is 0. The molecule has 5 heteroatoms. The van der Waals surface area contributed by atoms with Gasteiger partial charge in [-0.1, -0.05) is 46.3 Å². The number of hydrogen-bond donors (Lipinski definition) is 2. The second-order valence-electron chi connectivity index (χ2n) is 4.43. The van der Waals surface area contributed by atoms with Crippen LogP contribution in [-0.2, 0) is 4.79 Å². The van der Waals surface area contributed by atoms with Crippen LogP contribution < -0.4 is 5.32 Å². The van der Waals surface area contributed by atoms with E-state index in [-0.39, 0.29) is 6.42 Å². The molecule has 1 atom stereocenters. The van der Waals surface area contributed by atoms with Gasteiger partial charge in [0.15, 0.2) is 0 Å². The summed E-state index contributed by atoms with van der Waals surface area (Å²) in [7, 11) is 0. The normalized spacial score (nSPS) is 11.5. The van der Waals surface area contributed by atoms with Gasteiger partial charge >= 0.3 is 0 Å². The summed E-state index contributed by atoms with van der Waals surface area (Å²) < 4.78 is 0.797. The first-order valence-electron chi connectivity index (χ1n) is 6.31. The van der Waals surface area contributed by atoms with E-state index in [2.05, 4.69) is 21.2 Å². The van der Waals surface area contributed by atoms with Crippen molar-refractivity contribution in [3.63, 3.8) is 0 Å². The molecule has 1 unspecified atom stereocenters. The summed E-state index contributed by atoms with van der Waals surface area (Å²) in [4.78, 5) is 11.6. The number of amides is 1. The van der Waals surface area contributed by atoms with Crippen LogP contribution in [-0.4, -0.2) is 11.0 Å². The fourth-order valence-corrected chi connectivity index (χ4v) is 2.33. The fraction of sp³-hybridized carbons (Fsp3) is 0.125. The highest BCUT2D eigenvalue weighted by Crippen LogP contribution is 2.31. The Morgan fingerprint density at radius 1 is 1.29 bits per heavy atom. The molecule has 0 saturated carbocycles. The molecule has 2 aromatic carbocycles. The highest BCUT2D eigenvalue weighted by Gasteiger charge is 2.16. The number of carbonyl (C=O) groups excluding carboxylic acids is 1. The van der Waals surface area contributed by atoms with Gasteiger partial charge in [-0.3, -0.25) is 4.79 Å². The molecule has 2 N–H and O–H groups in total. The number of rotatable bonds is 4. The lowest BCUT2D eigenvalue weighted by molar-refractivity contribution is -0.115. The minimum atomic E-state index is -0.860. The first-order chi connectivity index (χ1) is 10.1. The number of nitriles is 1. The van der Waals surface area contributed by atoms with Gasteiger partial charge in [-0.2, -0.15) is 5.26 Å². The van der Waals surface area contributed by atoms with Gasteiger partial charge in [-0.25, -0.2) is 0 Å². The van der Waals surface area contributed by atoms with Gasteiger partial charge in [0.1, 0.15) is 12.5 Å². The Hall–Kier alpha value is -2.16. The number of carbonyl (C=O) groups is 1. The summed E-state index contributed by atoms with van der Waals surface area (Å²) in [5, 5.41) is 21.7. The number of benzene rings is 2. The van der Waals surface area contributed by atoms with Gasteiger partial charge < -0.3 is 10.4 Å².